The van der Waals surface area contributed by atoms with Crippen molar-refractivity contribution in [3.63, 3.8) is 0 Å². The van der Waals surface area contributed by atoms with E-state index in [1.165, 1.54) is 0 Å². The third-order valence-electron chi connectivity index (χ3n) is 4.10. The number of rotatable bonds is 7. The van der Waals surface area contributed by atoms with Gasteiger partial charge in [0.1, 0.15) is 5.69 Å². The lowest BCUT2D eigenvalue weighted by molar-refractivity contribution is 0.0524. The van der Waals surface area contributed by atoms with E-state index in [9.17, 15) is 14.4 Å². The van der Waals surface area contributed by atoms with E-state index in [0.717, 1.165) is 6.42 Å². The number of hydrogen-bond donors (Lipinski definition) is 3. The Morgan fingerprint density at radius 2 is 1.78 bits per heavy atom. The molecule has 7 nitrogen and oxygen atoms in total. The van der Waals surface area contributed by atoms with Crippen LogP contribution in [0.5, 0.6) is 0 Å². The fraction of sp³-hybridized carbons (Fsp3) is 0.350. The number of anilines is 1. The zero-order chi connectivity index (χ0) is 20.0. The van der Waals surface area contributed by atoms with Gasteiger partial charge in [-0.15, -0.1) is 0 Å². The first-order valence-corrected chi connectivity index (χ1v) is 8.95. The highest BCUT2D eigenvalue weighted by molar-refractivity contribution is 6.10. The van der Waals surface area contributed by atoms with Crippen LogP contribution in [-0.4, -0.2) is 35.9 Å². The number of aromatic nitrogens is 1. The van der Waals surface area contributed by atoms with Gasteiger partial charge in [0.15, 0.2) is 0 Å². The number of para-hydroxylation sites is 1. The first-order chi connectivity index (χ1) is 12.9. The predicted molar refractivity (Wildman–Crippen MR) is 103 cm³/mol. The number of esters is 1. The Balaban J connectivity index is 2.28. The number of H-pyrrole nitrogens is 1. The molecule has 0 aliphatic heterocycles. The van der Waals surface area contributed by atoms with Gasteiger partial charge in [0, 0.05) is 12.2 Å². The average molecular weight is 371 g/mol. The highest BCUT2D eigenvalue weighted by atomic mass is 16.5. The van der Waals surface area contributed by atoms with Gasteiger partial charge in [-0.05, 0) is 44.9 Å². The van der Waals surface area contributed by atoms with Crippen LogP contribution in [0.1, 0.15) is 62.7 Å². The number of hydrogen-bond acceptors (Lipinski definition) is 4. The lowest BCUT2D eigenvalue weighted by Crippen LogP contribution is -2.26. The van der Waals surface area contributed by atoms with Crippen LogP contribution in [0.2, 0.25) is 0 Å². The molecule has 2 amide bonds. The topological polar surface area (TPSA) is 100 Å². The Morgan fingerprint density at radius 1 is 1.07 bits per heavy atom. The van der Waals surface area contributed by atoms with Crippen LogP contribution in [0.15, 0.2) is 24.3 Å². The molecule has 0 unspecified atom stereocenters. The number of carbonyl (C=O) groups excluding carboxylic acids is 3. The van der Waals surface area contributed by atoms with E-state index in [0.29, 0.717) is 34.6 Å². The van der Waals surface area contributed by atoms with Crippen molar-refractivity contribution in [3.8, 4) is 0 Å². The van der Waals surface area contributed by atoms with Crippen LogP contribution in [0.3, 0.4) is 0 Å². The summed E-state index contributed by atoms with van der Waals surface area (Å²) >= 11 is 0. The van der Waals surface area contributed by atoms with Gasteiger partial charge in [0.05, 0.1) is 23.4 Å². The van der Waals surface area contributed by atoms with Crippen LogP contribution in [0.25, 0.3) is 0 Å². The fourth-order valence-corrected chi connectivity index (χ4v) is 2.80. The summed E-state index contributed by atoms with van der Waals surface area (Å²) in [6.07, 6.45) is 0.817. The van der Waals surface area contributed by atoms with E-state index in [1.54, 1.807) is 45.0 Å². The smallest absolute Gasteiger partial charge is 0.340 e. The van der Waals surface area contributed by atoms with E-state index >= 15 is 0 Å². The zero-order valence-corrected chi connectivity index (χ0v) is 16.1. The summed E-state index contributed by atoms with van der Waals surface area (Å²) in [6.45, 7) is 7.89. The molecule has 2 aromatic rings. The second-order valence-electron chi connectivity index (χ2n) is 6.10. The number of amides is 2. The van der Waals surface area contributed by atoms with Gasteiger partial charge < -0.3 is 20.4 Å². The van der Waals surface area contributed by atoms with Gasteiger partial charge in [0.25, 0.3) is 11.8 Å². The monoisotopic (exact) mass is 371 g/mol. The van der Waals surface area contributed by atoms with Gasteiger partial charge in [-0.2, -0.15) is 0 Å². The molecule has 27 heavy (non-hydrogen) atoms. The SMILES string of the molecule is CCCNC(=O)c1ccccc1NC(=O)c1[nH]c(C)c(C(=O)OCC)c1C. The molecule has 0 spiro atoms. The Labute approximate surface area is 158 Å². The first-order valence-electron chi connectivity index (χ1n) is 8.95. The summed E-state index contributed by atoms with van der Waals surface area (Å²) in [4.78, 5) is 40.1. The molecule has 0 aliphatic rings. The largest absolute Gasteiger partial charge is 0.462 e. The number of aryl methyl sites for hydroxylation is 1. The maximum Gasteiger partial charge on any atom is 0.340 e. The third-order valence-corrected chi connectivity index (χ3v) is 4.10. The molecule has 1 heterocycles. The normalized spacial score (nSPS) is 10.4. The number of benzene rings is 1. The first kappa shape index (κ1) is 20.2. The molecule has 144 valence electrons. The highest BCUT2D eigenvalue weighted by Crippen LogP contribution is 2.21. The fourth-order valence-electron chi connectivity index (χ4n) is 2.80. The molecule has 1 aromatic heterocycles. The summed E-state index contributed by atoms with van der Waals surface area (Å²) in [6, 6.07) is 6.79. The third kappa shape index (κ3) is 4.55. The lowest BCUT2D eigenvalue weighted by Gasteiger charge is -2.11. The number of aromatic amines is 1. The Kier molecular flexibility index (Phi) is 6.76. The Hall–Kier alpha value is -3.09. The Bertz CT molecular complexity index is 855. The molecular formula is C20H25N3O4. The van der Waals surface area contributed by atoms with E-state index in [-0.39, 0.29) is 18.2 Å². The molecular weight excluding hydrogens is 346 g/mol. The minimum atomic E-state index is -0.470. The number of ether oxygens (including phenoxy) is 1. The summed E-state index contributed by atoms with van der Waals surface area (Å²) in [7, 11) is 0. The molecule has 7 heteroatoms. The molecule has 0 saturated carbocycles. The van der Waals surface area contributed by atoms with Crippen molar-refractivity contribution in [1.82, 2.24) is 10.3 Å². The summed E-state index contributed by atoms with van der Waals surface area (Å²) < 4.78 is 5.05. The molecule has 0 aliphatic carbocycles. The van der Waals surface area contributed by atoms with E-state index in [4.69, 9.17) is 4.74 Å². The minimum Gasteiger partial charge on any atom is -0.462 e. The highest BCUT2D eigenvalue weighted by Gasteiger charge is 2.23. The van der Waals surface area contributed by atoms with Gasteiger partial charge in [-0.3, -0.25) is 9.59 Å². The molecule has 0 radical (unpaired) electrons. The predicted octanol–water partition coefficient (Wildman–Crippen LogP) is 3.20. The zero-order valence-electron chi connectivity index (χ0n) is 16.1. The minimum absolute atomic E-state index is 0.251. The van der Waals surface area contributed by atoms with Crippen LogP contribution >= 0.6 is 0 Å². The van der Waals surface area contributed by atoms with Crippen LogP contribution in [-0.2, 0) is 4.74 Å². The van der Waals surface area contributed by atoms with Crippen LogP contribution in [0.4, 0.5) is 5.69 Å². The molecule has 0 saturated heterocycles. The van der Waals surface area contributed by atoms with Crippen LogP contribution in [0, 0.1) is 13.8 Å². The summed E-state index contributed by atoms with van der Waals surface area (Å²) in [5.41, 5.74) is 2.48. The standard InChI is InChI=1S/C20H25N3O4/c1-5-11-21-18(24)14-9-7-8-10-15(14)23-19(25)17-12(3)16(13(4)22-17)20(26)27-6-2/h7-10,22H,5-6,11H2,1-4H3,(H,21,24)(H,23,25). The molecule has 0 fully saturated rings. The van der Waals surface area contributed by atoms with Crippen molar-refractivity contribution >= 4 is 23.5 Å². The second-order valence-corrected chi connectivity index (χ2v) is 6.10. The quantitative estimate of drug-likeness (QED) is 0.651. The van der Waals surface area contributed by atoms with Crippen molar-refractivity contribution in [1.29, 1.82) is 0 Å². The maximum atomic E-state index is 12.7. The average Bonchev–Trinajstić information content (AvgIpc) is 2.94. The van der Waals surface area contributed by atoms with Gasteiger partial charge in [0.2, 0.25) is 0 Å². The van der Waals surface area contributed by atoms with Crippen molar-refractivity contribution < 1.29 is 19.1 Å². The molecule has 2 rings (SSSR count). The van der Waals surface area contributed by atoms with Gasteiger partial charge in [-0.25, -0.2) is 4.79 Å². The van der Waals surface area contributed by atoms with Gasteiger partial charge >= 0.3 is 5.97 Å². The summed E-state index contributed by atoms with van der Waals surface area (Å²) in [5, 5.41) is 5.55. The van der Waals surface area contributed by atoms with E-state index in [2.05, 4.69) is 15.6 Å². The van der Waals surface area contributed by atoms with Crippen molar-refractivity contribution in [2.24, 2.45) is 0 Å². The van der Waals surface area contributed by atoms with Crippen molar-refractivity contribution in [2.75, 3.05) is 18.5 Å². The maximum absolute atomic E-state index is 12.7. The van der Waals surface area contributed by atoms with Crippen LogP contribution < -0.4 is 10.6 Å². The molecule has 3 N–H and O–H groups in total. The second kappa shape index (κ2) is 9.02. The number of nitrogens with one attached hydrogen (secondary N) is 3. The van der Waals surface area contributed by atoms with E-state index < -0.39 is 11.9 Å². The van der Waals surface area contributed by atoms with Crippen molar-refractivity contribution in [3.05, 3.63) is 52.3 Å². The molecule has 0 atom stereocenters. The van der Waals surface area contributed by atoms with Crippen molar-refractivity contribution in [2.45, 2.75) is 34.1 Å². The lowest BCUT2D eigenvalue weighted by atomic mass is 10.1. The van der Waals surface area contributed by atoms with Gasteiger partial charge in [-0.1, -0.05) is 19.1 Å². The summed E-state index contributed by atoms with van der Waals surface area (Å²) in [5.74, 6) is -1.15. The molecule has 1 aromatic carbocycles. The van der Waals surface area contributed by atoms with E-state index in [1.807, 2.05) is 6.92 Å². The Morgan fingerprint density at radius 3 is 2.44 bits per heavy atom. The molecule has 0 bridgehead atoms. The number of carbonyl (C=O) groups is 3.